The first kappa shape index (κ1) is 19.4. The van der Waals surface area contributed by atoms with Crippen LogP contribution in [0.1, 0.15) is 61.8 Å². The van der Waals surface area contributed by atoms with Crippen LogP contribution in [0.3, 0.4) is 0 Å². The molecule has 0 aliphatic heterocycles. The lowest BCUT2D eigenvalue weighted by molar-refractivity contribution is 0.305. The van der Waals surface area contributed by atoms with E-state index in [1.807, 2.05) is 0 Å². The molecule has 0 N–H and O–H groups in total. The summed E-state index contributed by atoms with van der Waals surface area (Å²) in [5, 5.41) is 0. The maximum atomic E-state index is 2.59. The Kier molecular flexibility index (Phi) is 5.70. The van der Waals surface area contributed by atoms with E-state index in [1.54, 1.807) is 11.1 Å². The molecule has 2 bridgehead atoms. The van der Waals surface area contributed by atoms with Crippen LogP contribution in [0.15, 0.2) is 59.7 Å². The number of hydrogen-bond acceptors (Lipinski definition) is 2. The van der Waals surface area contributed by atoms with E-state index in [9.17, 15) is 0 Å². The highest BCUT2D eigenvalue weighted by molar-refractivity contribution is 5.66. The van der Waals surface area contributed by atoms with Crippen LogP contribution in [0.5, 0.6) is 0 Å². The second-order valence-electron chi connectivity index (χ2n) is 8.10. The predicted octanol–water partition coefficient (Wildman–Crippen LogP) is 5.26. The van der Waals surface area contributed by atoms with Gasteiger partial charge in [-0.05, 0) is 59.6 Å². The lowest BCUT2D eigenvalue weighted by Gasteiger charge is -2.46. The van der Waals surface area contributed by atoms with Gasteiger partial charge in [-0.25, -0.2) is 0 Å². The van der Waals surface area contributed by atoms with Crippen molar-refractivity contribution < 1.29 is 0 Å². The van der Waals surface area contributed by atoms with E-state index in [4.69, 9.17) is 0 Å². The molecule has 2 nitrogen and oxygen atoms in total. The zero-order valence-corrected chi connectivity index (χ0v) is 17.9. The summed E-state index contributed by atoms with van der Waals surface area (Å²) in [5.74, 6) is 0.840. The zero-order chi connectivity index (χ0) is 19.7. The van der Waals surface area contributed by atoms with Gasteiger partial charge in [0.15, 0.2) is 0 Å². The Balaban J connectivity index is 1.89. The van der Waals surface area contributed by atoms with Crippen LogP contribution in [0.25, 0.3) is 0 Å². The standard InChI is InChI=1S/C26H34N2/c1-5-27(6-2)17-23-24(18-28(7-3)8-4)26-21-15-11-9-13-19(21)25(23)20-14-10-12-16-22(20)26/h9-16,25-26H,5-8,17-18H2,1-4H3. The first-order valence-electron chi connectivity index (χ1n) is 11.1. The highest BCUT2D eigenvalue weighted by Crippen LogP contribution is 2.55. The highest BCUT2D eigenvalue weighted by Gasteiger charge is 2.42. The van der Waals surface area contributed by atoms with Gasteiger partial charge < -0.3 is 0 Å². The van der Waals surface area contributed by atoms with E-state index in [-0.39, 0.29) is 0 Å². The largest absolute Gasteiger partial charge is 0.300 e. The summed E-state index contributed by atoms with van der Waals surface area (Å²) < 4.78 is 0. The molecular weight excluding hydrogens is 340 g/mol. The molecule has 3 aliphatic rings. The number of hydrogen-bond donors (Lipinski definition) is 0. The number of likely N-dealkylation sites (N-methyl/N-ethyl adjacent to an activating group) is 2. The van der Waals surface area contributed by atoms with E-state index in [1.165, 1.54) is 22.3 Å². The number of benzene rings is 2. The van der Waals surface area contributed by atoms with Crippen LogP contribution >= 0.6 is 0 Å². The van der Waals surface area contributed by atoms with Gasteiger partial charge in [0.2, 0.25) is 0 Å². The third-order valence-corrected chi connectivity index (χ3v) is 6.92. The topological polar surface area (TPSA) is 6.48 Å². The summed E-state index contributed by atoms with van der Waals surface area (Å²) in [4.78, 5) is 5.17. The molecule has 5 rings (SSSR count). The normalized spacial score (nSPS) is 20.1. The Morgan fingerprint density at radius 1 is 0.536 bits per heavy atom. The third-order valence-electron chi connectivity index (χ3n) is 6.92. The van der Waals surface area contributed by atoms with Crippen molar-refractivity contribution in [3.05, 3.63) is 81.9 Å². The first-order valence-corrected chi connectivity index (χ1v) is 11.1. The maximum Gasteiger partial charge on any atom is 0.0321 e. The Morgan fingerprint density at radius 2 is 0.821 bits per heavy atom. The minimum atomic E-state index is 0.420. The molecule has 148 valence electrons. The van der Waals surface area contributed by atoms with E-state index >= 15 is 0 Å². The van der Waals surface area contributed by atoms with Crippen molar-refractivity contribution >= 4 is 0 Å². The second kappa shape index (κ2) is 8.23. The average molecular weight is 375 g/mol. The minimum Gasteiger partial charge on any atom is -0.300 e. The molecule has 3 aliphatic carbocycles. The molecular formula is C26H34N2. The molecule has 0 spiro atoms. The Labute approximate surface area is 170 Å². The van der Waals surface area contributed by atoms with E-state index in [2.05, 4.69) is 86.0 Å². The SMILES string of the molecule is CCN(CC)CC1=C(CN(CC)CC)C2c3ccccc3C1c1ccccc12. The molecule has 2 aromatic rings. The molecule has 0 saturated carbocycles. The van der Waals surface area contributed by atoms with Gasteiger partial charge >= 0.3 is 0 Å². The summed E-state index contributed by atoms with van der Waals surface area (Å²) in [7, 11) is 0. The highest BCUT2D eigenvalue weighted by atomic mass is 15.1. The average Bonchev–Trinajstić information content (AvgIpc) is 2.76. The summed E-state index contributed by atoms with van der Waals surface area (Å²) in [5.41, 5.74) is 9.48. The van der Waals surface area contributed by atoms with Gasteiger partial charge in [-0.15, -0.1) is 0 Å². The Morgan fingerprint density at radius 3 is 1.07 bits per heavy atom. The summed E-state index contributed by atoms with van der Waals surface area (Å²) in [6, 6.07) is 18.4. The van der Waals surface area contributed by atoms with Gasteiger partial charge in [-0.1, -0.05) is 76.2 Å². The van der Waals surface area contributed by atoms with Crippen molar-refractivity contribution in [1.29, 1.82) is 0 Å². The van der Waals surface area contributed by atoms with Gasteiger partial charge in [0.25, 0.3) is 0 Å². The van der Waals surface area contributed by atoms with Crippen LogP contribution in [0.2, 0.25) is 0 Å². The van der Waals surface area contributed by atoms with Crippen molar-refractivity contribution in [2.24, 2.45) is 0 Å². The molecule has 2 aromatic carbocycles. The van der Waals surface area contributed by atoms with Crippen molar-refractivity contribution in [3.63, 3.8) is 0 Å². The molecule has 2 heteroatoms. The molecule has 0 amide bonds. The maximum absolute atomic E-state index is 2.59. The minimum absolute atomic E-state index is 0.420. The fraction of sp³-hybridized carbons (Fsp3) is 0.462. The van der Waals surface area contributed by atoms with Gasteiger partial charge in [0.1, 0.15) is 0 Å². The zero-order valence-electron chi connectivity index (χ0n) is 17.9. The summed E-state index contributed by atoms with van der Waals surface area (Å²) in [6.07, 6.45) is 0. The summed E-state index contributed by atoms with van der Waals surface area (Å²) in [6.45, 7) is 15.8. The number of nitrogens with zero attached hydrogens (tertiary/aromatic N) is 2. The third kappa shape index (κ3) is 3.13. The van der Waals surface area contributed by atoms with Crippen LogP contribution in [0, 0.1) is 0 Å². The van der Waals surface area contributed by atoms with E-state index in [0.717, 1.165) is 39.3 Å². The molecule has 0 aromatic heterocycles. The van der Waals surface area contributed by atoms with Crippen molar-refractivity contribution in [2.45, 2.75) is 39.5 Å². The lowest BCUT2D eigenvalue weighted by atomic mass is 9.61. The second-order valence-corrected chi connectivity index (χ2v) is 8.10. The van der Waals surface area contributed by atoms with Gasteiger partial charge in [0, 0.05) is 24.9 Å². The molecule has 0 unspecified atom stereocenters. The molecule has 0 heterocycles. The fourth-order valence-electron chi connectivity index (χ4n) is 5.29. The molecule has 0 radical (unpaired) electrons. The van der Waals surface area contributed by atoms with Crippen molar-refractivity contribution in [3.8, 4) is 0 Å². The first-order chi connectivity index (χ1) is 13.7. The molecule has 0 atom stereocenters. The van der Waals surface area contributed by atoms with Gasteiger partial charge in [-0.3, -0.25) is 9.80 Å². The molecule has 0 saturated heterocycles. The quantitative estimate of drug-likeness (QED) is 0.582. The van der Waals surface area contributed by atoms with Crippen LogP contribution in [-0.2, 0) is 0 Å². The van der Waals surface area contributed by atoms with Crippen LogP contribution < -0.4 is 0 Å². The van der Waals surface area contributed by atoms with Crippen LogP contribution in [-0.4, -0.2) is 49.1 Å². The van der Waals surface area contributed by atoms with E-state index in [0.29, 0.717) is 11.8 Å². The lowest BCUT2D eigenvalue weighted by Crippen LogP contribution is -2.38. The monoisotopic (exact) mass is 374 g/mol. The Hall–Kier alpha value is -1.90. The van der Waals surface area contributed by atoms with Crippen LogP contribution in [0.4, 0.5) is 0 Å². The van der Waals surface area contributed by atoms with Crippen molar-refractivity contribution in [2.75, 3.05) is 39.3 Å². The van der Waals surface area contributed by atoms with E-state index < -0.39 is 0 Å². The number of rotatable bonds is 8. The smallest absolute Gasteiger partial charge is 0.0321 e. The predicted molar refractivity (Wildman–Crippen MR) is 119 cm³/mol. The van der Waals surface area contributed by atoms with Crippen molar-refractivity contribution in [1.82, 2.24) is 9.80 Å². The molecule has 0 fully saturated rings. The summed E-state index contributed by atoms with van der Waals surface area (Å²) >= 11 is 0. The Bertz CT molecular complexity index is 741. The van der Waals surface area contributed by atoms with Gasteiger partial charge in [-0.2, -0.15) is 0 Å². The fourth-order valence-corrected chi connectivity index (χ4v) is 5.29. The molecule has 28 heavy (non-hydrogen) atoms. The van der Waals surface area contributed by atoms with Gasteiger partial charge in [0.05, 0.1) is 0 Å².